The molecule has 1 rings (SSSR count). The van der Waals surface area contributed by atoms with E-state index in [0.29, 0.717) is 12.2 Å². The molecule has 0 atom stereocenters. The van der Waals surface area contributed by atoms with Gasteiger partial charge in [-0.2, -0.15) is 0 Å². The molecular formula is C10H13ClFNO. The van der Waals surface area contributed by atoms with E-state index in [-0.39, 0.29) is 5.02 Å². The van der Waals surface area contributed by atoms with Gasteiger partial charge in [0.2, 0.25) is 0 Å². The number of hydrogen-bond acceptors (Lipinski definition) is 2. The number of likely N-dealkylation sites (N-methyl/N-ethyl adjacent to an activating group) is 1. The Kier molecular flexibility index (Phi) is 4.17. The summed E-state index contributed by atoms with van der Waals surface area (Å²) >= 11 is 5.80. The van der Waals surface area contributed by atoms with Crippen molar-refractivity contribution in [1.29, 1.82) is 0 Å². The molecule has 0 heterocycles. The van der Waals surface area contributed by atoms with Crippen LogP contribution in [0, 0.1) is 5.82 Å². The molecule has 2 nitrogen and oxygen atoms in total. The number of halogens is 2. The van der Waals surface area contributed by atoms with Crippen LogP contribution in [0.1, 0.15) is 5.56 Å². The van der Waals surface area contributed by atoms with Gasteiger partial charge in [0, 0.05) is 6.07 Å². The van der Waals surface area contributed by atoms with E-state index in [2.05, 4.69) is 5.32 Å². The first-order valence-corrected chi connectivity index (χ1v) is 4.73. The molecule has 0 aliphatic heterocycles. The molecule has 0 amide bonds. The Balaban J connectivity index is 2.95. The third-order valence-corrected chi connectivity index (χ3v) is 2.38. The molecule has 0 aromatic heterocycles. The average molecular weight is 218 g/mol. The zero-order valence-corrected chi connectivity index (χ0v) is 8.99. The molecule has 1 aromatic rings. The van der Waals surface area contributed by atoms with Crippen molar-refractivity contribution in [2.24, 2.45) is 0 Å². The highest BCUT2D eigenvalue weighted by Crippen LogP contribution is 2.25. The minimum atomic E-state index is -0.433. The Bertz CT molecular complexity index is 317. The van der Waals surface area contributed by atoms with Crippen molar-refractivity contribution in [3.8, 4) is 5.75 Å². The molecule has 0 radical (unpaired) electrons. The summed E-state index contributed by atoms with van der Waals surface area (Å²) in [5.41, 5.74) is 0.762. The van der Waals surface area contributed by atoms with Crippen LogP contribution in [0.5, 0.6) is 5.75 Å². The molecule has 0 spiro atoms. The number of ether oxygens (including phenoxy) is 1. The van der Waals surface area contributed by atoms with E-state index in [1.54, 1.807) is 6.07 Å². The van der Waals surface area contributed by atoms with E-state index in [0.717, 1.165) is 12.1 Å². The fourth-order valence-electron chi connectivity index (χ4n) is 1.18. The second-order valence-electron chi connectivity index (χ2n) is 2.94. The molecule has 1 aromatic carbocycles. The van der Waals surface area contributed by atoms with Gasteiger partial charge in [0.15, 0.2) is 0 Å². The molecule has 0 unspecified atom stereocenters. The van der Waals surface area contributed by atoms with Crippen molar-refractivity contribution in [2.75, 3.05) is 20.7 Å². The number of nitrogens with one attached hydrogen (secondary N) is 1. The van der Waals surface area contributed by atoms with Gasteiger partial charge in [-0.15, -0.1) is 0 Å². The van der Waals surface area contributed by atoms with Crippen molar-refractivity contribution in [2.45, 2.75) is 6.42 Å². The summed E-state index contributed by atoms with van der Waals surface area (Å²) in [5, 5.41) is 3.16. The maximum Gasteiger partial charge on any atom is 0.145 e. The molecular weight excluding hydrogens is 205 g/mol. The van der Waals surface area contributed by atoms with Gasteiger partial charge in [-0.3, -0.25) is 0 Å². The minimum absolute atomic E-state index is 0.182. The SMILES string of the molecule is CNCCc1cc(OC)cc(F)c1Cl. The normalized spacial score (nSPS) is 10.3. The third-order valence-electron chi connectivity index (χ3n) is 1.96. The maximum absolute atomic E-state index is 13.2. The van der Waals surface area contributed by atoms with Crippen molar-refractivity contribution in [3.63, 3.8) is 0 Å². The summed E-state index contributed by atoms with van der Waals surface area (Å²) in [6.07, 6.45) is 0.684. The topological polar surface area (TPSA) is 21.3 Å². The van der Waals surface area contributed by atoms with E-state index in [1.807, 2.05) is 7.05 Å². The summed E-state index contributed by atoms with van der Waals surface area (Å²) in [7, 11) is 3.34. The van der Waals surface area contributed by atoms with Crippen molar-refractivity contribution in [1.82, 2.24) is 5.32 Å². The third kappa shape index (κ3) is 2.59. The highest BCUT2D eigenvalue weighted by molar-refractivity contribution is 6.31. The van der Waals surface area contributed by atoms with Crippen LogP contribution in [0.3, 0.4) is 0 Å². The fourth-order valence-corrected chi connectivity index (χ4v) is 1.38. The lowest BCUT2D eigenvalue weighted by Gasteiger charge is -2.07. The van der Waals surface area contributed by atoms with E-state index in [1.165, 1.54) is 13.2 Å². The quantitative estimate of drug-likeness (QED) is 0.836. The van der Waals surface area contributed by atoms with Gasteiger partial charge >= 0.3 is 0 Å². The molecule has 0 saturated heterocycles. The molecule has 0 fully saturated rings. The maximum atomic E-state index is 13.2. The standard InChI is InChI=1S/C10H13ClFNO/c1-13-4-3-7-5-8(14-2)6-9(12)10(7)11/h5-6,13H,3-4H2,1-2H3. The van der Waals surface area contributed by atoms with E-state index in [4.69, 9.17) is 16.3 Å². The summed E-state index contributed by atoms with van der Waals surface area (Å²) in [5.74, 6) is 0.0649. The summed E-state index contributed by atoms with van der Waals surface area (Å²) in [6, 6.07) is 3.04. The Morgan fingerprint density at radius 3 is 2.79 bits per heavy atom. The van der Waals surface area contributed by atoms with E-state index in [9.17, 15) is 4.39 Å². The van der Waals surface area contributed by atoms with Gasteiger partial charge in [0.1, 0.15) is 11.6 Å². The van der Waals surface area contributed by atoms with Crippen LogP contribution in [-0.4, -0.2) is 20.7 Å². The first-order valence-electron chi connectivity index (χ1n) is 4.35. The van der Waals surface area contributed by atoms with Crippen molar-refractivity contribution in [3.05, 3.63) is 28.5 Å². The predicted octanol–water partition coefficient (Wildman–Crippen LogP) is 2.25. The highest BCUT2D eigenvalue weighted by Gasteiger charge is 2.08. The van der Waals surface area contributed by atoms with Crippen LogP contribution in [0.2, 0.25) is 5.02 Å². The molecule has 0 aliphatic rings. The molecule has 0 aliphatic carbocycles. The second kappa shape index (κ2) is 5.17. The lowest BCUT2D eigenvalue weighted by atomic mass is 10.1. The van der Waals surface area contributed by atoms with Gasteiger partial charge in [-0.25, -0.2) is 4.39 Å². The van der Waals surface area contributed by atoms with E-state index >= 15 is 0 Å². The highest BCUT2D eigenvalue weighted by atomic mass is 35.5. The number of rotatable bonds is 4. The smallest absolute Gasteiger partial charge is 0.145 e. The first-order chi connectivity index (χ1) is 6.69. The molecule has 14 heavy (non-hydrogen) atoms. The van der Waals surface area contributed by atoms with Crippen LogP contribution in [0.25, 0.3) is 0 Å². The minimum Gasteiger partial charge on any atom is -0.497 e. The Morgan fingerprint density at radius 1 is 1.50 bits per heavy atom. The van der Waals surface area contributed by atoms with Crippen LogP contribution in [0.15, 0.2) is 12.1 Å². The zero-order valence-electron chi connectivity index (χ0n) is 8.23. The van der Waals surface area contributed by atoms with Gasteiger partial charge < -0.3 is 10.1 Å². The molecule has 4 heteroatoms. The molecule has 0 bridgehead atoms. The monoisotopic (exact) mass is 217 g/mol. The zero-order chi connectivity index (χ0) is 10.6. The summed E-state index contributed by atoms with van der Waals surface area (Å²) in [6.45, 7) is 0.756. The Morgan fingerprint density at radius 2 is 2.21 bits per heavy atom. The average Bonchev–Trinajstić information content (AvgIpc) is 2.20. The van der Waals surface area contributed by atoms with Gasteiger partial charge in [0.25, 0.3) is 0 Å². The fraction of sp³-hybridized carbons (Fsp3) is 0.400. The van der Waals surface area contributed by atoms with Crippen LogP contribution in [-0.2, 0) is 6.42 Å². The molecule has 0 saturated carbocycles. The van der Waals surface area contributed by atoms with Crippen LogP contribution in [0.4, 0.5) is 4.39 Å². The largest absolute Gasteiger partial charge is 0.497 e. The van der Waals surface area contributed by atoms with Crippen LogP contribution < -0.4 is 10.1 Å². The number of methoxy groups -OCH3 is 1. The second-order valence-corrected chi connectivity index (χ2v) is 3.31. The summed E-state index contributed by atoms with van der Waals surface area (Å²) in [4.78, 5) is 0. The number of hydrogen-bond donors (Lipinski definition) is 1. The Hall–Kier alpha value is -0.800. The lowest BCUT2D eigenvalue weighted by Crippen LogP contribution is -2.10. The van der Waals surface area contributed by atoms with Crippen LogP contribution >= 0.6 is 11.6 Å². The first kappa shape index (κ1) is 11.3. The van der Waals surface area contributed by atoms with Gasteiger partial charge in [-0.05, 0) is 31.6 Å². The van der Waals surface area contributed by atoms with Gasteiger partial charge in [0.05, 0.1) is 12.1 Å². The lowest BCUT2D eigenvalue weighted by molar-refractivity contribution is 0.410. The molecule has 1 N–H and O–H groups in total. The summed E-state index contributed by atoms with van der Waals surface area (Å²) < 4.78 is 18.2. The number of benzene rings is 1. The van der Waals surface area contributed by atoms with E-state index < -0.39 is 5.82 Å². The van der Waals surface area contributed by atoms with Gasteiger partial charge in [-0.1, -0.05) is 11.6 Å². The molecule has 78 valence electrons. The van der Waals surface area contributed by atoms with Crippen molar-refractivity contribution < 1.29 is 9.13 Å². The Labute approximate surface area is 88.0 Å². The van der Waals surface area contributed by atoms with Crippen molar-refractivity contribution >= 4 is 11.6 Å². The predicted molar refractivity (Wildman–Crippen MR) is 55.6 cm³/mol.